The number of fused-ring (bicyclic) bond motifs is 1. The molecule has 1 aliphatic heterocycles. The predicted octanol–water partition coefficient (Wildman–Crippen LogP) is 0.931. The van der Waals surface area contributed by atoms with Crippen LogP contribution in [-0.4, -0.2) is 37.3 Å². The molecule has 2 rings (SSSR count). The molecule has 0 spiro atoms. The molecule has 0 fully saturated rings. The van der Waals surface area contributed by atoms with Crippen LogP contribution < -0.4 is 15.4 Å². The van der Waals surface area contributed by atoms with E-state index in [0.29, 0.717) is 13.2 Å². The minimum absolute atomic E-state index is 0.205. The predicted molar refractivity (Wildman–Crippen MR) is 64.8 cm³/mol. The standard InChI is InChI=1S/C12H16N2O3/c1-14-9(4-5-13)7-17-11-3-2-8(12(15)16)6-10(11)14/h2-3,6,9H,4-5,7,13H2,1H3,(H,15,16). The van der Waals surface area contributed by atoms with Gasteiger partial charge >= 0.3 is 5.97 Å². The largest absolute Gasteiger partial charge is 0.489 e. The number of carbonyl (C=O) groups is 1. The molecule has 5 heteroatoms. The Morgan fingerprint density at radius 1 is 1.65 bits per heavy atom. The number of benzene rings is 1. The van der Waals surface area contributed by atoms with E-state index >= 15 is 0 Å². The highest BCUT2D eigenvalue weighted by Gasteiger charge is 2.24. The highest BCUT2D eigenvalue weighted by Crippen LogP contribution is 2.34. The van der Waals surface area contributed by atoms with Crippen LogP contribution in [0.5, 0.6) is 5.75 Å². The van der Waals surface area contributed by atoms with Gasteiger partial charge in [-0.1, -0.05) is 0 Å². The quantitative estimate of drug-likeness (QED) is 0.816. The van der Waals surface area contributed by atoms with E-state index in [1.54, 1.807) is 18.2 Å². The number of nitrogens with two attached hydrogens (primary N) is 1. The third-order valence-corrected chi connectivity index (χ3v) is 3.06. The number of carboxylic acids is 1. The zero-order chi connectivity index (χ0) is 12.4. The first kappa shape index (κ1) is 11.7. The molecule has 1 aromatic rings. The molecule has 0 aliphatic carbocycles. The summed E-state index contributed by atoms with van der Waals surface area (Å²) in [6.45, 7) is 1.18. The van der Waals surface area contributed by atoms with Crippen LogP contribution >= 0.6 is 0 Å². The molecule has 1 aliphatic rings. The third kappa shape index (κ3) is 2.19. The number of hydrogen-bond acceptors (Lipinski definition) is 4. The van der Waals surface area contributed by atoms with Crippen LogP contribution in [0.4, 0.5) is 5.69 Å². The Bertz CT molecular complexity index is 434. The second kappa shape index (κ2) is 4.63. The molecule has 1 aromatic carbocycles. The summed E-state index contributed by atoms with van der Waals surface area (Å²) in [5.41, 5.74) is 6.63. The highest BCUT2D eigenvalue weighted by atomic mass is 16.5. The lowest BCUT2D eigenvalue weighted by Crippen LogP contribution is -2.41. The van der Waals surface area contributed by atoms with Gasteiger partial charge in [0.25, 0.3) is 0 Å². The third-order valence-electron chi connectivity index (χ3n) is 3.06. The second-order valence-electron chi connectivity index (χ2n) is 4.14. The normalized spacial score (nSPS) is 18.5. The lowest BCUT2D eigenvalue weighted by molar-refractivity contribution is 0.0697. The van der Waals surface area contributed by atoms with E-state index in [9.17, 15) is 4.79 Å². The number of aromatic carboxylic acids is 1. The fourth-order valence-electron chi connectivity index (χ4n) is 2.01. The minimum atomic E-state index is -0.929. The maximum atomic E-state index is 10.9. The van der Waals surface area contributed by atoms with Gasteiger partial charge in [-0.25, -0.2) is 4.79 Å². The summed E-state index contributed by atoms with van der Waals surface area (Å²) >= 11 is 0. The SMILES string of the molecule is CN1c2cc(C(=O)O)ccc2OCC1CCN. The van der Waals surface area contributed by atoms with Crippen molar-refractivity contribution in [3.8, 4) is 5.75 Å². The Balaban J connectivity index is 2.32. The fraction of sp³-hybridized carbons (Fsp3) is 0.417. The van der Waals surface area contributed by atoms with Crippen LogP contribution in [0.3, 0.4) is 0 Å². The molecular formula is C12H16N2O3. The van der Waals surface area contributed by atoms with Crippen molar-refractivity contribution in [1.82, 2.24) is 0 Å². The average Bonchev–Trinajstić information content (AvgIpc) is 2.32. The maximum Gasteiger partial charge on any atom is 0.335 e. The van der Waals surface area contributed by atoms with Gasteiger partial charge in [0, 0.05) is 7.05 Å². The van der Waals surface area contributed by atoms with Gasteiger partial charge in [0.05, 0.1) is 17.3 Å². The molecule has 92 valence electrons. The van der Waals surface area contributed by atoms with E-state index < -0.39 is 5.97 Å². The average molecular weight is 236 g/mol. The molecule has 1 unspecified atom stereocenters. The second-order valence-corrected chi connectivity index (χ2v) is 4.14. The number of carboxylic acid groups (broad SMARTS) is 1. The van der Waals surface area contributed by atoms with Gasteiger partial charge in [-0.05, 0) is 31.2 Å². The van der Waals surface area contributed by atoms with Crippen LogP contribution in [0.1, 0.15) is 16.8 Å². The summed E-state index contributed by atoms with van der Waals surface area (Å²) in [4.78, 5) is 13.0. The first-order valence-electron chi connectivity index (χ1n) is 5.56. The van der Waals surface area contributed by atoms with E-state index in [4.69, 9.17) is 15.6 Å². The van der Waals surface area contributed by atoms with E-state index in [-0.39, 0.29) is 11.6 Å². The van der Waals surface area contributed by atoms with Crippen LogP contribution in [0.2, 0.25) is 0 Å². The summed E-state index contributed by atoms with van der Waals surface area (Å²) in [7, 11) is 1.94. The molecule has 5 nitrogen and oxygen atoms in total. The number of hydrogen-bond donors (Lipinski definition) is 2. The Morgan fingerprint density at radius 3 is 3.06 bits per heavy atom. The molecule has 1 atom stereocenters. The van der Waals surface area contributed by atoms with Gasteiger partial charge in [0.1, 0.15) is 12.4 Å². The van der Waals surface area contributed by atoms with Crippen molar-refractivity contribution in [2.75, 3.05) is 25.1 Å². The topological polar surface area (TPSA) is 75.8 Å². The molecule has 0 amide bonds. The molecule has 17 heavy (non-hydrogen) atoms. The molecule has 3 N–H and O–H groups in total. The summed E-state index contributed by atoms with van der Waals surface area (Å²) in [6, 6.07) is 5.10. The first-order chi connectivity index (χ1) is 8.13. The summed E-state index contributed by atoms with van der Waals surface area (Å²) in [5, 5.41) is 8.96. The van der Waals surface area contributed by atoms with E-state index in [0.717, 1.165) is 17.9 Å². The van der Waals surface area contributed by atoms with Gasteiger partial charge < -0.3 is 20.5 Å². The minimum Gasteiger partial charge on any atom is -0.489 e. The number of likely N-dealkylation sites (N-methyl/N-ethyl adjacent to an activating group) is 1. The number of nitrogens with zero attached hydrogens (tertiary/aromatic N) is 1. The van der Waals surface area contributed by atoms with Crippen LogP contribution in [0.15, 0.2) is 18.2 Å². The first-order valence-corrected chi connectivity index (χ1v) is 5.56. The molecule has 0 bridgehead atoms. The van der Waals surface area contributed by atoms with Crippen molar-refractivity contribution >= 4 is 11.7 Å². The summed E-state index contributed by atoms with van der Waals surface area (Å²) in [5.74, 6) is -0.201. The smallest absolute Gasteiger partial charge is 0.335 e. The van der Waals surface area contributed by atoms with Crippen molar-refractivity contribution in [2.24, 2.45) is 5.73 Å². The summed E-state index contributed by atoms with van der Waals surface area (Å²) < 4.78 is 5.60. The van der Waals surface area contributed by atoms with Gasteiger partial charge in [0.15, 0.2) is 0 Å². The monoisotopic (exact) mass is 236 g/mol. The van der Waals surface area contributed by atoms with E-state index in [2.05, 4.69) is 0 Å². The van der Waals surface area contributed by atoms with Crippen LogP contribution in [0, 0.1) is 0 Å². The summed E-state index contributed by atoms with van der Waals surface area (Å²) in [6.07, 6.45) is 0.827. The number of anilines is 1. The Kier molecular flexibility index (Phi) is 3.19. The van der Waals surface area contributed by atoms with Crippen molar-refractivity contribution in [3.05, 3.63) is 23.8 Å². The lowest BCUT2D eigenvalue weighted by Gasteiger charge is -2.35. The van der Waals surface area contributed by atoms with Crippen molar-refractivity contribution in [2.45, 2.75) is 12.5 Å². The van der Waals surface area contributed by atoms with E-state index in [1.807, 2.05) is 11.9 Å². The van der Waals surface area contributed by atoms with Gasteiger partial charge in [-0.15, -0.1) is 0 Å². The Labute approximate surface area is 99.8 Å². The molecule has 1 heterocycles. The number of rotatable bonds is 3. The van der Waals surface area contributed by atoms with Gasteiger partial charge in [-0.3, -0.25) is 0 Å². The lowest BCUT2D eigenvalue weighted by atomic mass is 10.1. The van der Waals surface area contributed by atoms with Crippen LogP contribution in [-0.2, 0) is 0 Å². The fourth-order valence-corrected chi connectivity index (χ4v) is 2.01. The Morgan fingerprint density at radius 2 is 2.41 bits per heavy atom. The molecule has 0 saturated carbocycles. The molecule has 0 aromatic heterocycles. The van der Waals surface area contributed by atoms with Crippen molar-refractivity contribution in [1.29, 1.82) is 0 Å². The molecule has 0 radical (unpaired) electrons. The zero-order valence-electron chi connectivity index (χ0n) is 9.72. The van der Waals surface area contributed by atoms with Gasteiger partial charge in [0.2, 0.25) is 0 Å². The zero-order valence-corrected chi connectivity index (χ0v) is 9.72. The van der Waals surface area contributed by atoms with Crippen LogP contribution in [0.25, 0.3) is 0 Å². The molecular weight excluding hydrogens is 220 g/mol. The van der Waals surface area contributed by atoms with Crippen molar-refractivity contribution < 1.29 is 14.6 Å². The molecule has 0 saturated heterocycles. The van der Waals surface area contributed by atoms with Gasteiger partial charge in [-0.2, -0.15) is 0 Å². The highest BCUT2D eigenvalue weighted by molar-refractivity contribution is 5.89. The Hall–Kier alpha value is -1.75. The van der Waals surface area contributed by atoms with E-state index in [1.165, 1.54) is 0 Å². The maximum absolute atomic E-state index is 10.9. The van der Waals surface area contributed by atoms with Crippen molar-refractivity contribution in [3.63, 3.8) is 0 Å². The number of ether oxygens (including phenoxy) is 1.